The Labute approximate surface area is 119 Å². The highest BCUT2D eigenvalue weighted by atomic mass is 16.1. The van der Waals surface area contributed by atoms with Crippen molar-refractivity contribution in [2.75, 3.05) is 20.1 Å². The predicted octanol–water partition coefficient (Wildman–Crippen LogP) is 1.99. The molecule has 3 N–H and O–H groups in total. The van der Waals surface area contributed by atoms with Crippen molar-refractivity contribution in [1.29, 1.82) is 0 Å². The first kappa shape index (κ1) is 18.4. The lowest BCUT2D eigenvalue weighted by atomic mass is 9.91. The van der Waals surface area contributed by atoms with Gasteiger partial charge in [-0.05, 0) is 59.2 Å². The Bertz CT molecular complexity index is 268. The molecular formula is C15H33N3O. The van der Waals surface area contributed by atoms with Crippen molar-refractivity contribution in [1.82, 2.24) is 10.2 Å². The summed E-state index contributed by atoms with van der Waals surface area (Å²) in [5.41, 5.74) is 4.95. The highest BCUT2D eigenvalue weighted by Gasteiger charge is 2.32. The number of amides is 1. The number of nitrogens with two attached hydrogens (primary N) is 1. The Kier molecular flexibility index (Phi) is 8.26. The van der Waals surface area contributed by atoms with Crippen LogP contribution in [0.15, 0.2) is 0 Å². The number of hydrogen-bond acceptors (Lipinski definition) is 3. The van der Waals surface area contributed by atoms with Gasteiger partial charge in [-0.3, -0.25) is 4.79 Å². The van der Waals surface area contributed by atoms with E-state index >= 15 is 0 Å². The number of nitrogens with zero attached hydrogens (tertiary/aromatic N) is 1. The third kappa shape index (κ3) is 6.92. The van der Waals surface area contributed by atoms with E-state index in [0.717, 1.165) is 25.9 Å². The molecule has 0 saturated carbocycles. The molecule has 0 aromatic carbocycles. The third-order valence-corrected chi connectivity index (χ3v) is 3.82. The van der Waals surface area contributed by atoms with E-state index < -0.39 is 5.54 Å². The maximum Gasteiger partial charge on any atom is 0.237 e. The Hall–Kier alpha value is -0.610. The molecule has 0 bridgehead atoms. The summed E-state index contributed by atoms with van der Waals surface area (Å²) in [6, 6.07) is 0.334. The number of carbonyl (C=O) groups excluding carboxylic acids is 1. The van der Waals surface area contributed by atoms with Crippen LogP contribution in [0.3, 0.4) is 0 Å². The van der Waals surface area contributed by atoms with Crippen molar-refractivity contribution in [3.63, 3.8) is 0 Å². The zero-order valence-electron chi connectivity index (χ0n) is 13.6. The second kappa shape index (κ2) is 8.54. The van der Waals surface area contributed by atoms with Crippen LogP contribution >= 0.6 is 0 Å². The number of rotatable bonds is 10. The summed E-state index contributed by atoms with van der Waals surface area (Å²) in [6.45, 7) is 12.5. The summed E-state index contributed by atoms with van der Waals surface area (Å²) in [5.74, 6) is 0.445. The van der Waals surface area contributed by atoms with Crippen LogP contribution in [0.25, 0.3) is 0 Å². The molecule has 4 nitrogen and oxygen atoms in total. The smallest absolute Gasteiger partial charge is 0.237 e. The largest absolute Gasteiger partial charge is 0.368 e. The van der Waals surface area contributed by atoms with Crippen LogP contribution in [0.5, 0.6) is 0 Å². The van der Waals surface area contributed by atoms with Crippen LogP contribution in [-0.4, -0.2) is 42.5 Å². The van der Waals surface area contributed by atoms with Gasteiger partial charge < -0.3 is 16.0 Å². The summed E-state index contributed by atoms with van der Waals surface area (Å²) in [7, 11) is 2.12. The second-order valence-electron chi connectivity index (χ2n) is 6.34. The Balaban J connectivity index is 4.45. The predicted molar refractivity (Wildman–Crippen MR) is 82.1 cm³/mol. The van der Waals surface area contributed by atoms with E-state index in [1.54, 1.807) is 0 Å². The van der Waals surface area contributed by atoms with Gasteiger partial charge in [0, 0.05) is 6.04 Å². The molecule has 19 heavy (non-hydrogen) atoms. The molecule has 0 fully saturated rings. The lowest BCUT2D eigenvalue weighted by molar-refractivity contribution is -0.124. The average molecular weight is 271 g/mol. The maximum atomic E-state index is 11.7. The Morgan fingerprint density at radius 3 is 2.37 bits per heavy atom. The molecule has 0 radical (unpaired) electrons. The molecule has 0 aromatic heterocycles. The van der Waals surface area contributed by atoms with Crippen molar-refractivity contribution in [3.8, 4) is 0 Å². The molecule has 2 unspecified atom stereocenters. The fraction of sp³-hybridized carbons (Fsp3) is 0.933. The van der Waals surface area contributed by atoms with Gasteiger partial charge in [0.1, 0.15) is 0 Å². The first-order chi connectivity index (χ1) is 8.73. The summed E-state index contributed by atoms with van der Waals surface area (Å²) in [6.07, 6.45) is 2.92. The Morgan fingerprint density at radius 2 is 1.95 bits per heavy atom. The minimum Gasteiger partial charge on any atom is -0.368 e. The van der Waals surface area contributed by atoms with E-state index in [0.29, 0.717) is 12.0 Å². The summed E-state index contributed by atoms with van der Waals surface area (Å²) >= 11 is 0. The lowest BCUT2D eigenvalue weighted by Gasteiger charge is -2.34. The lowest BCUT2D eigenvalue weighted by Crippen LogP contribution is -2.56. The molecular weight excluding hydrogens is 238 g/mol. The first-order valence-corrected chi connectivity index (χ1v) is 7.48. The Morgan fingerprint density at radius 1 is 1.37 bits per heavy atom. The van der Waals surface area contributed by atoms with Gasteiger partial charge in [0.25, 0.3) is 0 Å². The monoisotopic (exact) mass is 271 g/mol. The van der Waals surface area contributed by atoms with Gasteiger partial charge in [0.05, 0.1) is 5.54 Å². The van der Waals surface area contributed by atoms with Crippen LogP contribution in [0.1, 0.15) is 53.9 Å². The van der Waals surface area contributed by atoms with Gasteiger partial charge in [-0.15, -0.1) is 0 Å². The van der Waals surface area contributed by atoms with Gasteiger partial charge >= 0.3 is 0 Å². The van der Waals surface area contributed by atoms with E-state index in [2.05, 4.69) is 45.0 Å². The van der Waals surface area contributed by atoms with Gasteiger partial charge in [0.15, 0.2) is 0 Å². The average Bonchev–Trinajstić information content (AvgIpc) is 2.32. The summed E-state index contributed by atoms with van der Waals surface area (Å²) in [4.78, 5) is 14.0. The number of primary amides is 1. The fourth-order valence-electron chi connectivity index (χ4n) is 2.09. The zero-order valence-corrected chi connectivity index (χ0v) is 13.6. The van der Waals surface area contributed by atoms with Crippen molar-refractivity contribution < 1.29 is 4.79 Å². The van der Waals surface area contributed by atoms with Crippen LogP contribution in [0, 0.1) is 5.92 Å². The van der Waals surface area contributed by atoms with E-state index in [-0.39, 0.29) is 5.91 Å². The van der Waals surface area contributed by atoms with Crippen molar-refractivity contribution >= 4 is 5.91 Å². The molecule has 0 rings (SSSR count). The maximum absolute atomic E-state index is 11.7. The third-order valence-electron chi connectivity index (χ3n) is 3.82. The van der Waals surface area contributed by atoms with Crippen molar-refractivity contribution in [2.24, 2.45) is 11.7 Å². The highest BCUT2D eigenvalue weighted by Crippen LogP contribution is 2.16. The van der Waals surface area contributed by atoms with Gasteiger partial charge in [-0.1, -0.05) is 20.8 Å². The quantitative estimate of drug-likeness (QED) is 0.639. The number of nitrogens with one attached hydrogen (secondary N) is 1. The molecule has 4 heteroatoms. The number of hydrogen-bond donors (Lipinski definition) is 2. The van der Waals surface area contributed by atoms with E-state index in [9.17, 15) is 4.79 Å². The molecule has 0 aromatic rings. The molecule has 2 atom stereocenters. The molecule has 0 saturated heterocycles. The normalized spacial score (nSPS) is 16.6. The topological polar surface area (TPSA) is 58.4 Å². The van der Waals surface area contributed by atoms with Gasteiger partial charge in [-0.25, -0.2) is 0 Å². The molecule has 114 valence electrons. The molecule has 0 aliphatic heterocycles. The molecule has 0 aliphatic rings. The minimum absolute atomic E-state index is 0.259. The first-order valence-electron chi connectivity index (χ1n) is 7.48. The second-order valence-corrected chi connectivity index (χ2v) is 6.34. The van der Waals surface area contributed by atoms with Crippen molar-refractivity contribution in [3.05, 3.63) is 0 Å². The van der Waals surface area contributed by atoms with Crippen LogP contribution in [0.4, 0.5) is 0 Å². The van der Waals surface area contributed by atoms with Crippen LogP contribution in [-0.2, 0) is 4.79 Å². The molecule has 0 aliphatic carbocycles. The van der Waals surface area contributed by atoms with E-state index in [1.807, 2.05) is 6.92 Å². The van der Waals surface area contributed by atoms with Crippen LogP contribution in [0.2, 0.25) is 0 Å². The summed E-state index contributed by atoms with van der Waals surface area (Å²) < 4.78 is 0. The minimum atomic E-state index is -0.610. The van der Waals surface area contributed by atoms with E-state index in [4.69, 9.17) is 5.73 Å². The summed E-state index contributed by atoms with van der Waals surface area (Å²) in [5, 5.41) is 3.29. The highest BCUT2D eigenvalue weighted by molar-refractivity contribution is 5.84. The van der Waals surface area contributed by atoms with Crippen molar-refractivity contribution in [2.45, 2.75) is 65.5 Å². The SMILES string of the molecule is CCCNC(C)(CC(C)N(C)CCC(C)C)C(N)=O. The number of carbonyl (C=O) groups is 1. The molecule has 0 spiro atoms. The molecule has 1 amide bonds. The van der Waals surface area contributed by atoms with Gasteiger partial charge in [-0.2, -0.15) is 0 Å². The zero-order chi connectivity index (χ0) is 15.1. The fourth-order valence-corrected chi connectivity index (χ4v) is 2.09. The standard InChI is InChI=1S/C15H33N3O/c1-7-9-17-15(5,14(16)19)11-13(4)18(6)10-8-12(2)3/h12-13,17H,7-11H2,1-6H3,(H2,16,19). The van der Waals surface area contributed by atoms with E-state index in [1.165, 1.54) is 6.42 Å². The molecule has 0 heterocycles. The van der Waals surface area contributed by atoms with Gasteiger partial charge in [0.2, 0.25) is 5.91 Å². The van der Waals surface area contributed by atoms with Crippen LogP contribution < -0.4 is 11.1 Å².